The zero-order chi connectivity index (χ0) is 23.1. The minimum Gasteiger partial charge on any atom is -0.274 e. The van der Waals surface area contributed by atoms with Crippen LogP contribution >= 0.6 is 0 Å². The highest BCUT2D eigenvalue weighted by molar-refractivity contribution is 6.23. The van der Waals surface area contributed by atoms with Gasteiger partial charge in [0.25, 0.3) is 11.2 Å². The van der Waals surface area contributed by atoms with Gasteiger partial charge in [0.1, 0.15) is 5.92 Å². The van der Waals surface area contributed by atoms with Crippen molar-refractivity contribution >= 4 is 23.2 Å². The van der Waals surface area contributed by atoms with Gasteiger partial charge < -0.3 is 0 Å². The summed E-state index contributed by atoms with van der Waals surface area (Å²) in [6.45, 7) is 0. The second-order valence-corrected chi connectivity index (χ2v) is 8.47. The Morgan fingerprint density at radius 1 is 0.788 bits per heavy atom. The van der Waals surface area contributed by atoms with Gasteiger partial charge in [0.05, 0.1) is 16.5 Å². The molecular formula is C24H15N3O6. The molecule has 2 amide bonds. The number of nitro benzene ring substituents is 1. The van der Waals surface area contributed by atoms with E-state index in [2.05, 4.69) is 0 Å². The molecule has 1 fully saturated rings. The Hall–Kier alpha value is -4.40. The normalized spacial score (nSPS) is 26.5. The van der Waals surface area contributed by atoms with Crippen LogP contribution in [0, 0.1) is 32.1 Å². The summed E-state index contributed by atoms with van der Waals surface area (Å²) in [4.78, 5) is 51.5. The van der Waals surface area contributed by atoms with Crippen LogP contribution < -0.4 is 4.90 Å². The van der Waals surface area contributed by atoms with Crippen molar-refractivity contribution in [2.24, 2.45) is 11.8 Å². The Labute approximate surface area is 186 Å². The minimum atomic E-state index is -1.92. The first-order chi connectivity index (χ1) is 15.9. The number of hydrogen-bond acceptors (Lipinski definition) is 6. The number of benzene rings is 3. The number of carbonyl (C=O) groups is 2. The Morgan fingerprint density at radius 2 is 1.39 bits per heavy atom. The topological polar surface area (TPSA) is 124 Å². The molecular weight excluding hydrogens is 426 g/mol. The second-order valence-electron chi connectivity index (χ2n) is 8.47. The second kappa shape index (κ2) is 6.32. The monoisotopic (exact) mass is 441 g/mol. The lowest BCUT2D eigenvalue weighted by molar-refractivity contribution is -0.578. The van der Waals surface area contributed by atoms with Crippen molar-refractivity contribution in [1.29, 1.82) is 0 Å². The molecule has 2 bridgehead atoms. The van der Waals surface area contributed by atoms with Crippen molar-refractivity contribution in [2.75, 3.05) is 4.90 Å². The van der Waals surface area contributed by atoms with Crippen LogP contribution in [0.15, 0.2) is 72.8 Å². The molecule has 3 aromatic carbocycles. The van der Waals surface area contributed by atoms with Crippen LogP contribution in [0.25, 0.3) is 0 Å². The van der Waals surface area contributed by atoms with Crippen LogP contribution in [0.3, 0.4) is 0 Å². The molecule has 0 N–H and O–H groups in total. The van der Waals surface area contributed by atoms with Crippen molar-refractivity contribution in [3.8, 4) is 0 Å². The molecule has 1 saturated heterocycles. The first kappa shape index (κ1) is 19.3. The molecule has 0 radical (unpaired) electrons. The molecule has 9 heteroatoms. The van der Waals surface area contributed by atoms with E-state index in [4.69, 9.17) is 0 Å². The summed E-state index contributed by atoms with van der Waals surface area (Å²) in [7, 11) is 0. The maximum Gasteiger partial charge on any atom is 0.285 e. The van der Waals surface area contributed by atoms with Crippen molar-refractivity contribution in [3.05, 3.63) is 115 Å². The number of hydrogen-bond donors (Lipinski definition) is 0. The number of amides is 2. The summed E-state index contributed by atoms with van der Waals surface area (Å²) in [6.07, 6.45) is 0. The first-order valence-corrected chi connectivity index (χ1v) is 10.3. The van der Waals surface area contributed by atoms with E-state index in [1.807, 2.05) is 0 Å². The third-order valence-electron chi connectivity index (χ3n) is 7.16. The van der Waals surface area contributed by atoms with Crippen molar-refractivity contribution < 1.29 is 19.4 Å². The smallest absolute Gasteiger partial charge is 0.274 e. The Morgan fingerprint density at radius 3 is 1.97 bits per heavy atom. The van der Waals surface area contributed by atoms with Gasteiger partial charge in [0.15, 0.2) is 0 Å². The third kappa shape index (κ3) is 2.16. The summed E-state index contributed by atoms with van der Waals surface area (Å²) >= 11 is 0. The lowest BCUT2D eigenvalue weighted by Gasteiger charge is -2.48. The predicted molar refractivity (Wildman–Crippen MR) is 115 cm³/mol. The van der Waals surface area contributed by atoms with Crippen molar-refractivity contribution in [2.45, 2.75) is 11.5 Å². The van der Waals surface area contributed by atoms with Crippen molar-refractivity contribution in [1.82, 2.24) is 0 Å². The average Bonchev–Trinajstić information content (AvgIpc) is 3.09. The fourth-order valence-electron chi connectivity index (χ4n) is 6.04. The largest absolute Gasteiger partial charge is 0.285 e. The summed E-state index contributed by atoms with van der Waals surface area (Å²) in [5.74, 6) is -4.05. The van der Waals surface area contributed by atoms with Crippen LogP contribution in [0.1, 0.15) is 28.2 Å². The van der Waals surface area contributed by atoms with E-state index in [9.17, 15) is 29.8 Å². The zero-order valence-corrected chi connectivity index (χ0v) is 17.0. The van der Waals surface area contributed by atoms with Crippen molar-refractivity contribution in [3.63, 3.8) is 0 Å². The number of nitrogens with zero attached hydrogens (tertiary/aromatic N) is 3. The fraction of sp³-hybridized carbons (Fsp3) is 0.167. The lowest BCUT2D eigenvalue weighted by Crippen LogP contribution is -2.57. The number of imide groups is 1. The molecule has 2 atom stereocenters. The predicted octanol–water partition coefficient (Wildman–Crippen LogP) is 3.38. The molecule has 9 nitrogen and oxygen atoms in total. The zero-order valence-electron chi connectivity index (χ0n) is 17.0. The van der Waals surface area contributed by atoms with Gasteiger partial charge in [0, 0.05) is 34.1 Å². The molecule has 3 aliphatic carbocycles. The van der Waals surface area contributed by atoms with Gasteiger partial charge in [-0.1, -0.05) is 54.6 Å². The van der Waals surface area contributed by atoms with Crippen LogP contribution in [-0.4, -0.2) is 21.7 Å². The molecule has 33 heavy (non-hydrogen) atoms. The summed E-state index contributed by atoms with van der Waals surface area (Å²) in [5.41, 5.74) is 0.00641. The van der Waals surface area contributed by atoms with E-state index in [-0.39, 0.29) is 11.4 Å². The van der Waals surface area contributed by atoms with Gasteiger partial charge in [0.2, 0.25) is 11.8 Å². The number of rotatable bonds is 3. The van der Waals surface area contributed by atoms with E-state index in [1.54, 1.807) is 48.5 Å². The Kier molecular flexibility index (Phi) is 3.69. The van der Waals surface area contributed by atoms with E-state index in [0.29, 0.717) is 22.3 Å². The highest BCUT2D eigenvalue weighted by Crippen LogP contribution is 2.64. The number of carbonyl (C=O) groups excluding carboxylic acids is 2. The summed E-state index contributed by atoms with van der Waals surface area (Å²) in [6, 6.07) is 19.0. The molecule has 0 aromatic heterocycles. The highest BCUT2D eigenvalue weighted by atomic mass is 16.6. The molecule has 2 unspecified atom stereocenters. The molecule has 0 spiro atoms. The quantitative estimate of drug-likeness (QED) is 0.349. The SMILES string of the molecule is O=C1C2C3c4ccccc4C([N+](=O)[O-])(c4ccccc43)C2C(=O)N1c1cccc([N+](=O)[O-])c1. The van der Waals surface area contributed by atoms with E-state index >= 15 is 0 Å². The minimum absolute atomic E-state index is 0.0413. The fourth-order valence-corrected chi connectivity index (χ4v) is 6.04. The molecule has 4 aliphatic rings. The molecule has 162 valence electrons. The van der Waals surface area contributed by atoms with Gasteiger partial charge in [-0.15, -0.1) is 0 Å². The highest BCUT2D eigenvalue weighted by Gasteiger charge is 2.74. The van der Waals surface area contributed by atoms with Gasteiger partial charge >= 0.3 is 0 Å². The maximum absolute atomic E-state index is 13.8. The Bertz CT molecular complexity index is 1370. The van der Waals surface area contributed by atoms with Crippen LogP contribution in [0.2, 0.25) is 0 Å². The Balaban J connectivity index is 1.64. The third-order valence-corrected chi connectivity index (χ3v) is 7.16. The van der Waals surface area contributed by atoms with Gasteiger partial charge in [-0.2, -0.15) is 0 Å². The summed E-state index contributed by atoms with van der Waals surface area (Å²) < 4.78 is 0. The molecule has 1 heterocycles. The lowest BCUT2D eigenvalue weighted by atomic mass is 9.51. The number of nitro groups is 2. The van der Waals surface area contributed by atoms with Gasteiger partial charge in [-0.25, -0.2) is 4.90 Å². The molecule has 7 rings (SSSR count). The first-order valence-electron chi connectivity index (χ1n) is 10.3. The van der Waals surface area contributed by atoms with Gasteiger partial charge in [-0.3, -0.25) is 29.8 Å². The summed E-state index contributed by atoms with van der Waals surface area (Å²) in [5, 5.41) is 24.1. The number of anilines is 1. The van der Waals surface area contributed by atoms with Gasteiger partial charge in [-0.05, 0) is 17.2 Å². The van der Waals surface area contributed by atoms with E-state index in [1.165, 1.54) is 18.2 Å². The average molecular weight is 441 g/mol. The van der Waals surface area contributed by atoms with Crippen LogP contribution in [0.4, 0.5) is 11.4 Å². The molecule has 3 aromatic rings. The standard InChI is InChI=1S/C24H15N3O6/c28-22-20-19-15-8-1-3-10-17(15)24(27(32)33,18-11-4-2-9-16(18)19)21(20)23(29)25(22)13-6-5-7-14(12-13)26(30)31/h1-12,19-21H. The van der Waals surface area contributed by atoms with E-state index in [0.717, 1.165) is 11.0 Å². The van der Waals surface area contributed by atoms with Crippen LogP contribution in [0.5, 0.6) is 0 Å². The maximum atomic E-state index is 13.8. The molecule has 1 aliphatic heterocycles. The molecule has 0 saturated carbocycles. The van der Waals surface area contributed by atoms with Crippen LogP contribution in [-0.2, 0) is 15.1 Å². The number of non-ortho nitro benzene ring substituents is 1. The van der Waals surface area contributed by atoms with E-state index < -0.39 is 45.0 Å².